The Labute approximate surface area is 121 Å². The lowest BCUT2D eigenvalue weighted by Gasteiger charge is -2.20. The molecule has 1 aliphatic rings. The van der Waals surface area contributed by atoms with Crippen LogP contribution in [0.2, 0.25) is 0 Å². The van der Waals surface area contributed by atoms with Crippen molar-refractivity contribution in [3.05, 3.63) is 24.0 Å². The molecule has 1 aromatic rings. The van der Waals surface area contributed by atoms with E-state index in [1.54, 1.807) is 19.0 Å². The average Bonchev–Trinajstić information content (AvgIpc) is 2.74. The molecule has 1 aliphatic heterocycles. The molecule has 5 nitrogen and oxygen atoms in total. The monoisotopic (exact) mass is 279 g/mol. The second-order valence-corrected chi connectivity index (χ2v) is 5.84. The Morgan fingerprint density at radius 3 is 3.00 bits per heavy atom. The molecule has 0 fully saturated rings. The molecule has 0 N–H and O–H groups in total. The van der Waals surface area contributed by atoms with Gasteiger partial charge < -0.3 is 19.1 Å². The molecule has 1 unspecified atom stereocenters. The summed E-state index contributed by atoms with van der Waals surface area (Å²) in [4.78, 5) is 15.3. The number of fused-ring (bicyclic) bond motifs is 1. The van der Waals surface area contributed by atoms with Gasteiger partial charge in [-0.2, -0.15) is 0 Å². The zero-order chi connectivity index (χ0) is 14.5. The zero-order valence-electron chi connectivity index (χ0n) is 12.7. The van der Waals surface area contributed by atoms with E-state index in [0.29, 0.717) is 12.5 Å². The molecular weight excluding hydrogens is 254 g/mol. The standard InChI is InChI=1S/C15H25N3O2/c1-16(2)15(19)12-20-8-6-13-9-17(3)11-14-5-4-7-18(14)10-13/h4-5,7,13H,6,8-12H2,1-3H3. The van der Waals surface area contributed by atoms with Crippen LogP contribution in [0.4, 0.5) is 0 Å². The van der Waals surface area contributed by atoms with Crippen molar-refractivity contribution in [2.45, 2.75) is 19.5 Å². The highest BCUT2D eigenvalue weighted by molar-refractivity contribution is 5.76. The topological polar surface area (TPSA) is 37.7 Å². The van der Waals surface area contributed by atoms with Crippen LogP contribution in [0, 0.1) is 5.92 Å². The van der Waals surface area contributed by atoms with Crippen molar-refractivity contribution in [1.29, 1.82) is 0 Å². The van der Waals surface area contributed by atoms with Gasteiger partial charge in [-0.3, -0.25) is 4.79 Å². The first-order valence-electron chi connectivity index (χ1n) is 7.16. The number of hydrogen-bond acceptors (Lipinski definition) is 3. The third-order valence-electron chi connectivity index (χ3n) is 3.77. The van der Waals surface area contributed by atoms with Crippen LogP contribution in [0.15, 0.2) is 18.3 Å². The van der Waals surface area contributed by atoms with Crippen LogP contribution >= 0.6 is 0 Å². The molecule has 0 radical (unpaired) electrons. The van der Waals surface area contributed by atoms with E-state index in [2.05, 4.69) is 34.8 Å². The molecule has 2 rings (SSSR count). The Hall–Kier alpha value is -1.33. The quantitative estimate of drug-likeness (QED) is 0.756. The van der Waals surface area contributed by atoms with Crippen molar-refractivity contribution < 1.29 is 9.53 Å². The molecule has 0 spiro atoms. The lowest BCUT2D eigenvalue weighted by Crippen LogP contribution is -2.28. The molecule has 0 saturated carbocycles. The molecular formula is C15H25N3O2. The molecule has 20 heavy (non-hydrogen) atoms. The lowest BCUT2D eigenvalue weighted by atomic mass is 10.1. The third kappa shape index (κ3) is 4.08. The van der Waals surface area contributed by atoms with Gasteiger partial charge in [-0.05, 0) is 31.5 Å². The number of hydrogen-bond donors (Lipinski definition) is 0. The van der Waals surface area contributed by atoms with Crippen LogP contribution in [0.1, 0.15) is 12.1 Å². The molecule has 5 heteroatoms. The fourth-order valence-corrected chi connectivity index (χ4v) is 2.61. The molecule has 0 aromatic carbocycles. The molecule has 0 bridgehead atoms. The second-order valence-electron chi connectivity index (χ2n) is 5.84. The molecule has 0 saturated heterocycles. The van der Waals surface area contributed by atoms with E-state index in [0.717, 1.165) is 26.1 Å². The first-order valence-corrected chi connectivity index (χ1v) is 7.16. The van der Waals surface area contributed by atoms with Gasteiger partial charge in [0.1, 0.15) is 6.61 Å². The van der Waals surface area contributed by atoms with E-state index < -0.39 is 0 Å². The van der Waals surface area contributed by atoms with Crippen LogP contribution in [-0.4, -0.2) is 61.2 Å². The summed E-state index contributed by atoms with van der Waals surface area (Å²) in [5.41, 5.74) is 1.37. The SMILES string of the molecule is CN1Cc2cccn2CC(CCOCC(=O)N(C)C)C1. The average molecular weight is 279 g/mol. The zero-order valence-corrected chi connectivity index (χ0v) is 12.7. The van der Waals surface area contributed by atoms with E-state index in [-0.39, 0.29) is 12.5 Å². The summed E-state index contributed by atoms with van der Waals surface area (Å²) in [5, 5.41) is 0. The number of ether oxygens (including phenoxy) is 1. The van der Waals surface area contributed by atoms with Gasteiger partial charge in [0.05, 0.1) is 0 Å². The number of likely N-dealkylation sites (N-methyl/N-ethyl adjacent to an activating group) is 1. The maximum absolute atomic E-state index is 11.4. The Morgan fingerprint density at radius 2 is 2.25 bits per heavy atom. The minimum Gasteiger partial charge on any atom is -0.372 e. The largest absolute Gasteiger partial charge is 0.372 e. The van der Waals surface area contributed by atoms with E-state index in [1.807, 2.05) is 0 Å². The molecule has 2 heterocycles. The van der Waals surface area contributed by atoms with Crippen molar-refractivity contribution in [1.82, 2.24) is 14.4 Å². The van der Waals surface area contributed by atoms with Crippen molar-refractivity contribution in [2.75, 3.05) is 40.9 Å². The maximum atomic E-state index is 11.4. The normalized spacial score (nSPS) is 19.4. The van der Waals surface area contributed by atoms with Crippen LogP contribution in [0.25, 0.3) is 0 Å². The first kappa shape index (κ1) is 15.1. The first-order chi connectivity index (χ1) is 9.56. The highest BCUT2D eigenvalue weighted by Gasteiger charge is 2.19. The Bertz CT molecular complexity index is 442. The van der Waals surface area contributed by atoms with Crippen molar-refractivity contribution in [2.24, 2.45) is 5.92 Å². The molecule has 0 aliphatic carbocycles. The number of carbonyl (C=O) groups excluding carboxylic acids is 1. The number of nitrogens with zero attached hydrogens (tertiary/aromatic N) is 3. The van der Waals surface area contributed by atoms with Crippen LogP contribution in [0.5, 0.6) is 0 Å². The Balaban J connectivity index is 1.77. The molecule has 1 atom stereocenters. The Morgan fingerprint density at radius 1 is 1.45 bits per heavy atom. The highest BCUT2D eigenvalue weighted by atomic mass is 16.5. The van der Waals surface area contributed by atoms with Gasteiger partial charge in [0.15, 0.2) is 0 Å². The van der Waals surface area contributed by atoms with Crippen molar-refractivity contribution >= 4 is 5.91 Å². The fourth-order valence-electron chi connectivity index (χ4n) is 2.61. The number of aromatic nitrogens is 1. The van der Waals surface area contributed by atoms with Gasteiger partial charge >= 0.3 is 0 Å². The lowest BCUT2D eigenvalue weighted by molar-refractivity contribution is -0.133. The fraction of sp³-hybridized carbons (Fsp3) is 0.667. The number of rotatable bonds is 5. The van der Waals surface area contributed by atoms with Crippen molar-refractivity contribution in [3.8, 4) is 0 Å². The molecule has 112 valence electrons. The van der Waals surface area contributed by atoms with E-state index >= 15 is 0 Å². The highest BCUT2D eigenvalue weighted by Crippen LogP contribution is 2.18. The van der Waals surface area contributed by atoms with Gasteiger partial charge in [-0.1, -0.05) is 0 Å². The smallest absolute Gasteiger partial charge is 0.248 e. The third-order valence-corrected chi connectivity index (χ3v) is 3.77. The predicted octanol–water partition coefficient (Wildman–Crippen LogP) is 1.04. The van der Waals surface area contributed by atoms with Gasteiger partial charge in [-0.25, -0.2) is 0 Å². The number of amides is 1. The Kier molecular flexibility index (Phi) is 5.20. The summed E-state index contributed by atoms with van der Waals surface area (Å²) < 4.78 is 7.82. The maximum Gasteiger partial charge on any atom is 0.248 e. The molecule has 1 aromatic heterocycles. The van der Waals surface area contributed by atoms with Gasteiger partial charge in [-0.15, -0.1) is 0 Å². The summed E-state index contributed by atoms with van der Waals surface area (Å²) in [6, 6.07) is 4.29. The molecule has 1 amide bonds. The van der Waals surface area contributed by atoms with Gasteiger partial charge in [0.2, 0.25) is 5.91 Å². The van der Waals surface area contributed by atoms with Gasteiger partial charge in [0.25, 0.3) is 0 Å². The predicted molar refractivity (Wildman–Crippen MR) is 78.4 cm³/mol. The minimum atomic E-state index is 0.0238. The summed E-state index contributed by atoms with van der Waals surface area (Å²) in [7, 11) is 5.66. The minimum absolute atomic E-state index is 0.0238. The van der Waals surface area contributed by atoms with Gasteiger partial charge in [0, 0.05) is 52.2 Å². The van der Waals surface area contributed by atoms with E-state index in [1.165, 1.54) is 5.69 Å². The summed E-state index contributed by atoms with van der Waals surface area (Å²) in [6.07, 6.45) is 3.14. The summed E-state index contributed by atoms with van der Waals surface area (Å²) in [5.74, 6) is 0.596. The van der Waals surface area contributed by atoms with Crippen LogP contribution in [0.3, 0.4) is 0 Å². The van der Waals surface area contributed by atoms with E-state index in [4.69, 9.17) is 4.74 Å². The van der Waals surface area contributed by atoms with Crippen LogP contribution < -0.4 is 0 Å². The summed E-state index contributed by atoms with van der Waals surface area (Å²) >= 11 is 0. The van der Waals surface area contributed by atoms with Crippen molar-refractivity contribution in [3.63, 3.8) is 0 Å². The second kappa shape index (κ2) is 6.90. The number of carbonyl (C=O) groups is 1. The van der Waals surface area contributed by atoms with Crippen LogP contribution in [-0.2, 0) is 22.6 Å². The summed E-state index contributed by atoms with van der Waals surface area (Å²) in [6.45, 7) is 3.95. The van der Waals surface area contributed by atoms with E-state index in [9.17, 15) is 4.79 Å².